The lowest BCUT2D eigenvalue weighted by atomic mass is 10.0. The Morgan fingerprint density at radius 3 is 2.48 bits per heavy atom. The quantitative estimate of drug-likeness (QED) is 0.753. The van der Waals surface area contributed by atoms with Crippen molar-refractivity contribution in [1.29, 1.82) is 0 Å². The largest absolute Gasteiger partial charge is 0.573 e. The zero-order valence-electron chi connectivity index (χ0n) is 14.7. The average molecular weight is 411 g/mol. The molecule has 1 heterocycles. The lowest BCUT2D eigenvalue weighted by Crippen LogP contribution is -2.49. The molecule has 1 aromatic carbocycles. The lowest BCUT2D eigenvalue weighted by Gasteiger charge is -2.32. The second-order valence-electron chi connectivity index (χ2n) is 6.23. The van der Waals surface area contributed by atoms with Gasteiger partial charge in [0, 0.05) is 0 Å². The standard InChI is InChI=1S/C17H21F3N2O4.ClH/c1-11(12-5-7-13(8-6-12)26-17(18,19)20)21-15(23)10-22-9-3-2-4-14(22)16(24)25;/h5-8,11,14H,2-4,9-10H2,1H3,(H,21,23)(H,24,25);1H. The summed E-state index contributed by atoms with van der Waals surface area (Å²) in [6, 6.07) is 4.13. The van der Waals surface area contributed by atoms with Gasteiger partial charge < -0.3 is 15.2 Å². The molecule has 0 bridgehead atoms. The molecule has 2 N–H and O–H groups in total. The summed E-state index contributed by atoms with van der Waals surface area (Å²) >= 11 is 0. The first-order valence-electron chi connectivity index (χ1n) is 8.27. The topological polar surface area (TPSA) is 78.9 Å². The zero-order valence-corrected chi connectivity index (χ0v) is 15.5. The molecule has 27 heavy (non-hydrogen) atoms. The van der Waals surface area contributed by atoms with Gasteiger partial charge in [0.15, 0.2) is 0 Å². The minimum Gasteiger partial charge on any atom is -0.480 e. The van der Waals surface area contributed by atoms with Crippen LogP contribution >= 0.6 is 12.4 Å². The maximum absolute atomic E-state index is 12.2. The van der Waals surface area contributed by atoms with E-state index in [-0.39, 0.29) is 30.6 Å². The van der Waals surface area contributed by atoms with Crippen molar-refractivity contribution in [3.05, 3.63) is 29.8 Å². The number of alkyl halides is 3. The monoisotopic (exact) mass is 410 g/mol. The molecular weight excluding hydrogens is 389 g/mol. The fourth-order valence-electron chi connectivity index (χ4n) is 2.97. The molecule has 1 saturated heterocycles. The number of carboxylic acid groups (broad SMARTS) is 1. The predicted molar refractivity (Wildman–Crippen MR) is 93.8 cm³/mol. The van der Waals surface area contributed by atoms with Crippen LogP contribution in [0.25, 0.3) is 0 Å². The van der Waals surface area contributed by atoms with Crippen molar-refractivity contribution in [3.8, 4) is 5.75 Å². The van der Waals surface area contributed by atoms with Gasteiger partial charge in [-0.05, 0) is 44.0 Å². The highest BCUT2D eigenvalue weighted by molar-refractivity contribution is 5.85. The summed E-state index contributed by atoms with van der Waals surface area (Å²) in [7, 11) is 0. The number of likely N-dealkylation sites (tertiary alicyclic amines) is 1. The third-order valence-corrected chi connectivity index (χ3v) is 4.24. The van der Waals surface area contributed by atoms with Crippen LogP contribution in [0.1, 0.15) is 37.8 Å². The molecule has 1 amide bonds. The van der Waals surface area contributed by atoms with Gasteiger partial charge in [0.2, 0.25) is 5.91 Å². The van der Waals surface area contributed by atoms with Crippen molar-refractivity contribution in [2.24, 2.45) is 0 Å². The van der Waals surface area contributed by atoms with Crippen molar-refractivity contribution >= 4 is 24.3 Å². The van der Waals surface area contributed by atoms with Crippen LogP contribution in [-0.2, 0) is 9.59 Å². The van der Waals surface area contributed by atoms with Gasteiger partial charge in [-0.2, -0.15) is 0 Å². The number of hydrogen-bond acceptors (Lipinski definition) is 4. The number of hydrogen-bond donors (Lipinski definition) is 2. The molecule has 0 aromatic heterocycles. The van der Waals surface area contributed by atoms with Crippen molar-refractivity contribution in [2.75, 3.05) is 13.1 Å². The third-order valence-electron chi connectivity index (χ3n) is 4.24. The molecule has 0 saturated carbocycles. The number of carbonyl (C=O) groups excluding carboxylic acids is 1. The van der Waals surface area contributed by atoms with Crippen LogP contribution in [0.5, 0.6) is 5.75 Å². The lowest BCUT2D eigenvalue weighted by molar-refractivity contribution is -0.274. The number of benzene rings is 1. The summed E-state index contributed by atoms with van der Waals surface area (Å²) in [6.45, 7) is 2.21. The number of amides is 1. The Balaban J connectivity index is 0.00000364. The molecule has 0 aliphatic carbocycles. The molecule has 152 valence electrons. The SMILES string of the molecule is CC(NC(=O)CN1CCCCC1C(=O)O)c1ccc(OC(F)(F)F)cc1.Cl. The number of carbonyl (C=O) groups is 2. The molecule has 6 nitrogen and oxygen atoms in total. The number of ether oxygens (including phenoxy) is 1. The number of halogens is 4. The number of nitrogens with zero attached hydrogens (tertiary/aromatic N) is 1. The molecule has 2 atom stereocenters. The van der Waals surface area contributed by atoms with Crippen LogP contribution in [0.2, 0.25) is 0 Å². The summed E-state index contributed by atoms with van der Waals surface area (Å²) in [6.07, 6.45) is -2.58. The van der Waals surface area contributed by atoms with Gasteiger partial charge in [-0.15, -0.1) is 25.6 Å². The molecule has 2 unspecified atom stereocenters. The Kier molecular flexibility index (Phi) is 8.36. The first-order valence-corrected chi connectivity index (χ1v) is 8.27. The molecule has 1 aliphatic heterocycles. The van der Waals surface area contributed by atoms with Crippen LogP contribution < -0.4 is 10.1 Å². The number of carboxylic acids is 1. The van der Waals surface area contributed by atoms with Gasteiger partial charge in [-0.3, -0.25) is 14.5 Å². The van der Waals surface area contributed by atoms with Gasteiger partial charge in [0.25, 0.3) is 0 Å². The molecule has 0 radical (unpaired) electrons. The van der Waals surface area contributed by atoms with Crippen LogP contribution in [0.3, 0.4) is 0 Å². The summed E-state index contributed by atoms with van der Waals surface area (Å²) in [5.74, 6) is -1.61. The zero-order chi connectivity index (χ0) is 19.3. The third kappa shape index (κ3) is 7.26. The normalized spacial score (nSPS) is 18.9. The number of rotatable bonds is 6. The Labute approximate surface area is 161 Å². The summed E-state index contributed by atoms with van der Waals surface area (Å²) in [5, 5.41) is 12.0. The Bertz CT molecular complexity index is 640. The van der Waals surface area contributed by atoms with E-state index in [1.54, 1.807) is 11.8 Å². The van der Waals surface area contributed by atoms with Crippen LogP contribution in [0.4, 0.5) is 13.2 Å². The smallest absolute Gasteiger partial charge is 0.480 e. The highest BCUT2D eigenvalue weighted by Gasteiger charge is 2.31. The van der Waals surface area contributed by atoms with E-state index in [0.29, 0.717) is 18.5 Å². The number of nitrogens with one attached hydrogen (secondary N) is 1. The van der Waals surface area contributed by atoms with Crippen LogP contribution in [0.15, 0.2) is 24.3 Å². The van der Waals surface area contributed by atoms with E-state index in [0.717, 1.165) is 12.8 Å². The molecule has 2 rings (SSSR count). The van der Waals surface area contributed by atoms with E-state index in [1.165, 1.54) is 24.3 Å². The van der Waals surface area contributed by atoms with Gasteiger partial charge in [0.05, 0.1) is 12.6 Å². The minimum atomic E-state index is -4.75. The molecular formula is C17H22ClF3N2O4. The van der Waals surface area contributed by atoms with Crippen LogP contribution in [0, 0.1) is 0 Å². The van der Waals surface area contributed by atoms with E-state index in [1.807, 2.05) is 0 Å². The minimum absolute atomic E-state index is 0. The van der Waals surface area contributed by atoms with E-state index < -0.39 is 24.4 Å². The molecule has 0 spiro atoms. The fraction of sp³-hybridized carbons (Fsp3) is 0.529. The van der Waals surface area contributed by atoms with Gasteiger partial charge in [-0.25, -0.2) is 0 Å². The average Bonchev–Trinajstić information content (AvgIpc) is 2.54. The first-order chi connectivity index (χ1) is 12.2. The molecule has 10 heteroatoms. The van der Waals surface area contributed by atoms with Crippen molar-refractivity contribution in [3.63, 3.8) is 0 Å². The number of piperidine rings is 1. The Morgan fingerprint density at radius 2 is 1.93 bits per heavy atom. The second-order valence-corrected chi connectivity index (χ2v) is 6.23. The van der Waals surface area contributed by atoms with Gasteiger partial charge in [0.1, 0.15) is 11.8 Å². The van der Waals surface area contributed by atoms with E-state index in [2.05, 4.69) is 10.1 Å². The first kappa shape index (κ1) is 23.0. The van der Waals surface area contributed by atoms with Crippen molar-refractivity contribution < 1.29 is 32.6 Å². The Hall–Kier alpha value is -2.00. The van der Waals surface area contributed by atoms with E-state index in [9.17, 15) is 27.9 Å². The summed E-state index contributed by atoms with van der Waals surface area (Å²) < 4.78 is 40.3. The van der Waals surface area contributed by atoms with Crippen LogP contribution in [-0.4, -0.2) is 47.4 Å². The molecule has 1 aromatic rings. The highest BCUT2D eigenvalue weighted by Crippen LogP contribution is 2.24. The van der Waals surface area contributed by atoms with Gasteiger partial charge >= 0.3 is 12.3 Å². The second kappa shape index (κ2) is 9.80. The Morgan fingerprint density at radius 1 is 1.30 bits per heavy atom. The summed E-state index contributed by atoms with van der Waals surface area (Å²) in [4.78, 5) is 25.1. The van der Waals surface area contributed by atoms with Crippen molar-refractivity contribution in [1.82, 2.24) is 10.2 Å². The molecule has 1 aliphatic rings. The van der Waals surface area contributed by atoms with Crippen molar-refractivity contribution in [2.45, 2.75) is 44.6 Å². The summed E-state index contributed by atoms with van der Waals surface area (Å²) in [5.41, 5.74) is 0.612. The molecule has 1 fully saturated rings. The van der Waals surface area contributed by atoms with E-state index >= 15 is 0 Å². The fourth-order valence-corrected chi connectivity index (χ4v) is 2.97. The predicted octanol–water partition coefficient (Wildman–Crippen LogP) is 3.12. The highest BCUT2D eigenvalue weighted by atomic mass is 35.5. The maximum atomic E-state index is 12.2. The number of aliphatic carboxylic acids is 1. The van der Waals surface area contributed by atoms with Gasteiger partial charge in [-0.1, -0.05) is 18.6 Å². The maximum Gasteiger partial charge on any atom is 0.573 e. The van der Waals surface area contributed by atoms with E-state index in [4.69, 9.17) is 0 Å².